The van der Waals surface area contributed by atoms with Crippen LogP contribution in [-0.4, -0.2) is 0 Å². The first-order valence-electron chi connectivity index (χ1n) is 5.02. The molecule has 0 saturated heterocycles. The molecular weight excluding hydrogens is 156 g/mol. The maximum atomic E-state index is 3.91. The van der Waals surface area contributed by atoms with Crippen LogP contribution < -0.4 is 0 Å². The number of hydrogen-bond donors (Lipinski definition) is 0. The molecule has 2 radical (unpaired) electrons. The van der Waals surface area contributed by atoms with Crippen molar-refractivity contribution in [3.05, 3.63) is 49.7 Å². The topological polar surface area (TPSA) is 0 Å². The molecule has 0 bridgehead atoms. The Labute approximate surface area is 82.0 Å². The molecule has 0 aliphatic heterocycles. The van der Waals surface area contributed by atoms with Gasteiger partial charge in [-0.1, -0.05) is 57.0 Å². The molecule has 0 fully saturated rings. The lowest BCUT2D eigenvalue weighted by molar-refractivity contribution is 0.587. The van der Waals surface area contributed by atoms with Gasteiger partial charge in [-0.05, 0) is 24.3 Å². The van der Waals surface area contributed by atoms with Gasteiger partial charge in [0.25, 0.3) is 0 Å². The van der Waals surface area contributed by atoms with Crippen LogP contribution in [-0.2, 0) is 0 Å². The molecule has 0 unspecified atom stereocenters. The predicted molar refractivity (Wildman–Crippen MR) is 58.4 cm³/mol. The van der Waals surface area contributed by atoms with E-state index >= 15 is 0 Å². The normalized spacial score (nSPS) is 10.7. The van der Waals surface area contributed by atoms with Gasteiger partial charge in [0.2, 0.25) is 0 Å². The zero-order valence-electron chi connectivity index (χ0n) is 8.21. The summed E-state index contributed by atoms with van der Waals surface area (Å²) in [5, 5.41) is 0. The van der Waals surface area contributed by atoms with E-state index in [1.54, 1.807) is 0 Å². The Morgan fingerprint density at radius 3 is 1.92 bits per heavy atom. The third-order valence-electron chi connectivity index (χ3n) is 2.38. The lowest BCUT2D eigenvalue weighted by atomic mass is 9.91. The van der Waals surface area contributed by atoms with Crippen molar-refractivity contribution in [1.29, 1.82) is 0 Å². The summed E-state index contributed by atoms with van der Waals surface area (Å²) >= 11 is 0. The number of benzene rings is 1. The Morgan fingerprint density at radius 2 is 1.46 bits per heavy atom. The Hall–Kier alpha value is -0.780. The molecule has 0 spiro atoms. The maximum absolute atomic E-state index is 3.91. The van der Waals surface area contributed by atoms with Gasteiger partial charge in [-0.15, -0.1) is 0 Å². The summed E-state index contributed by atoms with van der Waals surface area (Å²) in [5.41, 5.74) is 1.44. The molecule has 0 aliphatic rings. The van der Waals surface area contributed by atoms with Crippen molar-refractivity contribution in [1.82, 2.24) is 0 Å². The fourth-order valence-corrected chi connectivity index (χ4v) is 1.70. The van der Waals surface area contributed by atoms with Crippen molar-refractivity contribution in [3.8, 4) is 0 Å². The van der Waals surface area contributed by atoms with Crippen molar-refractivity contribution in [2.24, 2.45) is 0 Å². The van der Waals surface area contributed by atoms with Gasteiger partial charge in [-0.25, -0.2) is 0 Å². The van der Waals surface area contributed by atoms with E-state index in [4.69, 9.17) is 0 Å². The molecule has 1 rings (SSSR count). The van der Waals surface area contributed by atoms with Crippen LogP contribution in [0, 0.1) is 13.8 Å². The fraction of sp³-hybridized carbons (Fsp3) is 0.385. The lowest BCUT2D eigenvalue weighted by Crippen LogP contribution is -1.97. The van der Waals surface area contributed by atoms with Gasteiger partial charge < -0.3 is 0 Å². The van der Waals surface area contributed by atoms with E-state index in [1.807, 2.05) is 0 Å². The minimum Gasteiger partial charge on any atom is -0.0622 e. The monoisotopic (exact) mass is 174 g/mol. The summed E-state index contributed by atoms with van der Waals surface area (Å²) in [5.74, 6) is 0.663. The molecule has 0 nitrogen and oxygen atoms in total. The molecular formula is C13H18. The van der Waals surface area contributed by atoms with E-state index in [0.717, 1.165) is 12.8 Å². The van der Waals surface area contributed by atoms with Gasteiger partial charge in [-0.3, -0.25) is 0 Å². The molecule has 0 N–H and O–H groups in total. The average Bonchev–Trinajstić information content (AvgIpc) is 2.19. The predicted octanol–water partition coefficient (Wildman–Crippen LogP) is 4.00. The van der Waals surface area contributed by atoms with Crippen LogP contribution in [0.15, 0.2) is 30.3 Å². The van der Waals surface area contributed by atoms with E-state index in [-0.39, 0.29) is 0 Å². The number of rotatable bonds is 5. The zero-order valence-corrected chi connectivity index (χ0v) is 8.21. The smallest absolute Gasteiger partial charge is 0.0162 e. The standard InChI is InChI=1S/C13H18/c1-3-8-12(9-4-2)13-10-6-5-7-11-13/h5-7,10-12H,1-4,8-9H2. The lowest BCUT2D eigenvalue weighted by Gasteiger charge is -2.15. The second kappa shape index (κ2) is 5.80. The van der Waals surface area contributed by atoms with Gasteiger partial charge in [0.05, 0.1) is 0 Å². The first-order chi connectivity index (χ1) is 6.38. The number of hydrogen-bond acceptors (Lipinski definition) is 0. The van der Waals surface area contributed by atoms with Gasteiger partial charge in [0.15, 0.2) is 0 Å². The highest BCUT2D eigenvalue weighted by atomic mass is 14.1. The molecule has 0 atom stereocenters. The van der Waals surface area contributed by atoms with Crippen LogP contribution in [0.1, 0.15) is 37.2 Å². The van der Waals surface area contributed by atoms with Crippen molar-refractivity contribution in [3.63, 3.8) is 0 Å². The highest BCUT2D eigenvalue weighted by molar-refractivity contribution is 5.19. The van der Waals surface area contributed by atoms with Crippen molar-refractivity contribution in [2.45, 2.75) is 31.6 Å². The van der Waals surface area contributed by atoms with Gasteiger partial charge in [-0.2, -0.15) is 0 Å². The minimum absolute atomic E-state index is 0.663. The second-order valence-electron chi connectivity index (χ2n) is 3.39. The maximum Gasteiger partial charge on any atom is -0.0162 e. The van der Waals surface area contributed by atoms with Crippen molar-refractivity contribution in [2.75, 3.05) is 0 Å². The molecule has 1 aromatic rings. The van der Waals surface area contributed by atoms with Crippen LogP contribution in [0.5, 0.6) is 0 Å². The van der Waals surface area contributed by atoms with Gasteiger partial charge in [0.1, 0.15) is 0 Å². The Balaban J connectivity index is 2.64. The second-order valence-corrected chi connectivity index (χ2v) is 3.39. The fourth-order valence-electron chi connectivity index (χ4n) is 1.70. The third-order valence-corrected chi connectivity index (χ3v) is 2.38. The van der Waals surface area contributed by atoms with Crippen LogP contribution in [0.25, 0.3) is 0 Å². The molecule has 0 aromatic heterocycles. The van der Waals surface area contributed by atoms with E-state index in [0.29, 0.717) is 5.92 Å². The molecule has 13 heavy (non-hydrogen) atoms. The quantitative estimate of drug-likeness (QED) is 0.633. The molecule has 0 saturated carbocycles. The molecule has 0 heteroatoms. The summed E-state index contributed by atoms with van der Waals surface area (Å²) in [7, 11) is 0. The highest BCUT2D eigenvalue weighted by Gasteiger charge is 2.07. The molecule has 0 heterocycles. The SMILES string of the molecule is [CH2]CCC(CC[CH2])c1ccccc1. The Kier molecular flexibility index (Phi) is 4.59. The van der Waals surface area contributed by atoms with Gasteiger partial charge >= 0.3 is 0 Å². The summed E-state index contributed by atoms with van der Waals surface area (Å²) in [6, 6.07) is 10.7. The highest BCUT2D eigenvalue weighted by Crippen LogP contribution is 2.25. The largest absolute Gasteiger partial charge is 0.0622 e. The zero-order chi connectivity index (χ0) is 9.52. The Morgan fingerprint density at radius 1 is 0.923 bits per heavy atom. The molecule has 70 valence electrons. The van der Waals surface area contributed by atoms with E-state index in [2.05, 4.69) is 44.2 Å². The molecule has 0 amide bonds. The third kappa shape index (κ3) is 3.22. The van der Waals surface area contributed by atoms with E-state index < -0.39 is 0 Å². The Bertz CT molecular complexity index is 207. The first-order valence-corrected chi connectivity index (χ1v) is 5.02. The minimum atomic E-state index is 0.663. The van der Waals surface area contributed by atoms with E-state index in [9.17, 15) is 0 Å². The van der Waals surface area contributed by atoms with Crippen molar-refractivity contribution < 1.29 is 0 Å². The summed E-state index contributed by atoms with van der Waals surface area (Å²) in [6.07, 6.45) is 4.39. The van der Waals surface area contributed by atoms with Crippen LogP contribution >= 0.6 is 0 Å². The van der Waals surface area contributed by atoms with E-state index in [1.165, 1.54) is 18.4 Å². The van der Waals surface area contributed by atoms with Crippen molar-refractivity contribution >= 4 is 0 Å². The molecule has 1 aromatic carbocycles. The van der Waals surface area contributed by atoms with Gasteiger partial charge in [0, 0.05) is 0 Å². The first kappa shape index (κ1) is 10.3. The van der Waals surface area contributed by atoms with Crippen LogP contribution in [0.4, 0.5) is 0 Å². The van der Waals surface area contributed by atoms with Crippen LogP contribution in [0.2, 0.25) is 0 Å². The molecule has 0 aliphatic carbocycles. The average molecular weight is 174 g/mol. The van der Waals surface area contributed by atoms with Crippen LogP contribution in [0.3, 0.4) is 0 Å². The summed E-state index contributed by atoms with van der Waals surface area (Å²) in [6.45, 7) is 7.83. The summed E-state index contributed by atoms with van der Waals surface area (Å²) in [4.78, 5) is 0. The summed E-state index contributed by atoms with van der Waals surface area (Å²) < 4.78 is 0.